The van der Waals surface area contributed by atoms with Gasteiger partial charge in [0.2, 0.25) is 0 Å². The molecule has 0 atom stereocenters. The highest BCUT2D eigenvalue weighted by atomic mass is 16.5. The molecule has 2 aliphatic carbocycles. The second-order valence-corrected chi connectivity index (χ2v) is 15.7. The van der Waals surface area contributed by atoms with E-state index in [9.17, 15) is 28.8 Å². The van der Waals surface area contributed by atoms with Crippen molar-refractivity contribution in [2.24, 2.45) is 23.3 Å². The maximum atomic E-state index is 13.4. The van der Waals surface area contributed by atoms with Gasteiger partial charge in [-0.25, -0.2) is 0 Å². The van der Waals surface area contributed by atoms with Crippen molar-refractivity contribution in [1.29, 1.82) is 0 Å². The van der Waals surface area contributed by atoms with Gasteiger partial charge in [0.1, 0.15) is 23.0 Å². The lowest BCUT2D eigenvalue weighted by Crippen LogP contribution is -2.38. The Morgan fingerprint density at radius 1 is 0.516 bits per heavy atom. The van der Waals surface area contributed by atoms with E-state index in [4.69, 9.17) is 30.4 Å². The smallest absolute Gasteiger partial charge is 0.255 e. The quantitative estimate of drug-likeness (QED) is 0.0890. The lowest BCUT2D eigenvalue weighted by atomic mass is 9.81. The summed E-state index contributed by atoms with van der Waals surface area (Å²) < 4.78 is 21.6. The number of aromatic nitrogens is 1. The maximum absolute atomic E-state index is 13.4. The van der Waals surface area contributed by atoms with E-state index in [0.717, 1.165) is 25.7 Å². The van der Waals surface area contributed by atoms with Crippen molar-refractivity contribution in [2.75, 3.05) is 54.6 Å². The van der Waals surface area contributed by atoms with Gasteiger partial charge in [-0.15, -0.1) is 0 Å². The number of hydrogen-bond donors (Lipinski definition) is 6. The second-order valence-electron chi connectivity index (χ2n) is 15.7. The molecule has 2 aromatic carbocycles. The lowest BCUT2D eigenvalue weighted by Gasteiger charge is -2.29. The minimum Gasteiger partial charge on any atom is -0.496 e. The molecule has 1 aromatic heterocycles. The van der Waals surface area contributed by atoms with Crippen molar-refractivity contribution in [3.8, 4) is 23.0 Å². The van der Waals surface area contributed by atoms with Crippen molar-refractivity contribution in [3.05, 3.63) is 76.1 Å². The van der Waals surface area contributed by atoms with E-state index in [0.29, 0.717) is 49.7 Å². The monoisotopic (exact) mass is 857 g/mol. The van der Waals surface area contributed by atoms with E-state index in [-0.39, 0.29) is 119 Å². The molecule has 3 aromatic rings. The third-order valence-corrected chi connectivity index (χ3v) is 11.6. The van der Waals surface area contributed by atoms with Crippen LogP contribution in [0.25, 0.3) is 0 Å². The van der Waals surface area contributed by atoms with Crippen molar-refractivity contribution >= 4 is 35.2 Å². The molecule has 0 aliphatic heterocycles. The van der Waals surface area contributed by atoms with Crippen LogP contribution in [0.3, 0.4) is 0 Å². The molecule has 4 amide bonds. The Labute approximate surface area is 361 Å². The molecule has 1 heterocycles. The molecule has 5 rings (SSSR count). The number of pyridine rings is 1. The Hall–Kier alpha value is -6.07. The third kappa shape index (κ3) is 12.1. The minimum atomic E-state index is -0.418. The van der Waals surface area contributed by atoms with Gasteiger partial charge < -0.3 is 51.7 Å². The molecule has 8 N–H and O–H groups in total. The van der Waals surface area contributed by atoms with Crippen LogP contribution in [0.2, 0.25) is 0 Å². The number of nitrogens with zero attached hydrogens (tertiary/aromatic N) is 1. The highest BCUT2D eigenvalue weighted by Gasteiger charge is 2.30. The Morgan fingerprint density at radius 3 is 1.18 bits per heavy atom. The molecule has 0 bridgehead atoms. The van der Waals surface area contributed by atoms with E-state index >= 15 is 0 Å². The molecule has 0 saturated heterocycles. The summed E-state index contributed by atoms with van der Waals surface area (Å²) in [5, 5.41) is 11.5. The normalized spacial score (nSPS) is 18.4. The van der Waals surface area contributed by atoms with E-state index in [2.05, 4.69) is 26.3 Å². The number of rotatable bonds is 20. The fraction of sp³-hybridized carbons (Fsp3) is 0.489. The number of nitrogens with one attached hydrogen (secondary N) is 4. The van der Waals surface area contributed by atoms with Crippen LogP contribution >= 0.6 is 0 Å². The molecular weight excluding hydrogens is 799 g/mol. The number of methoxy groups -OCH3 is 4. The van der Waals surface area contributed by atoms with Crippen molar-refractivity contribution in [3.63, 3.8) is 0 Å². The highest BCUT2D eigenvalue weighted by Crippen LogP contribution is 2.34. The maximum Gasteiger partial charge on any atom is 0.255 e. The topological polar surface area (TPSA) is 252 Å². The van der Waals surface area contributed by atoms with Gasteiger partial charge in [0, 0.05) is 86.8 Å². The molecule has 0 unspecified atom stereocenters. The first-order valence-electron chi connectivity index (χ1n) is 21.0. The lowest BCUT2D eigenvalue weighted by molar-refractivity contribution is 0.0892. The van der Waals surface area contributed by atoms with Gasteiger partial charge in [0.15, 0.2) is 11.6 Å². The summed E-state index contributed by atoms with van der Waals surface area (Å²) in [6, 6.07) is 7.31. The number of carbonyl (C=O) groups is 6. The van der Waals surface area contributed by atoms with E-state index < -0.39 is 11.8 Å². The van der Waals surface area contributed by atoms with Crippen LogP contribution in [0.1, 0.15) is 126 Å². The Bertz CT molecular complexity index is 1950. The SMILES string of the molecule is COc1cc(OC)c(C(=O)NC2CCC(CC(=O)c3cncc(C(=O)CC4CCC(NC(=O)c5cc(C(=O)NCCN)c(OC)cc5OC)CC4)c3)CC2)cc1C(=O)NCCN. The average molecular weight is 858 g/mol. The summed E-state index contributed by atoms with van der Waals surface area (Å²) in [6.07, 6.45) is 9.15. The van der Waals surface area contributed by atoms with E-state index in [1.54, 1.807) is 6.07 Å². The zero-order valence-electron chi connectivity index (χ0n) is 35.9. The summed E-state index contributed by atoms with van der Waals surface area (Å²) in [5.41, 5.74) is 12.6. The van der Waals surface area contributed by atoms with Crippen LogP contribution in [0.15, 0.2) is 42.7 Å². The largest absolute Gasteiger partial charge is 0.496 e. The number of ether oxygens (including phenoxy) is 4. The van der Waals surface area contributed by atoms with Gasteiger partial charge >= 0.3 is 0 Å². The molecule has 0 radical (unpaired) electrons. The first kappa shape index (κ1) is 47.0. The van der Waals surface area contributed by atoms with Crippen LogP contribution in [-0.2, 0) is 0 Å². The van der Waals surface area contributed by atoms with Crippen LogP contribution < -0.4 is 51.7 Å². The number of carbonyl (C=O) groups excluding carboxylic acids is 6. The number of Topliss-reactive ketones (excluding diaryl/α,β-unsaturated/α-hetero) is 2. The average Bonchev–Trinajstić information content (AvgIpc) is 3.30. The Morgan fingerprint density at radius 2 is 0.855 bits per heavy atom. The van der Waals surface area contributed by atoms with E-state index in [1.807, 2.05) is 0 Å². The predicted molar refractivity (Wildman–Crippen MR) is 230 cm³/mol. The molecule has 17 heteroatoms. The van der Waals surface area contributed by atoms with Gasteiger partial charge in [0.05, 0.1) is 50.7 Å². The first-order valence-corrected chi connectivity index (χ1v) is 21.0. The standard InChI is InChI=1S/C45H59N7O10/c1-59-38-22-40(61-3)34(20-32(38)42(55)49-15-13-46)44(57)51-30-9-5-26(6-10-30)17-36(53)28-19-29(25-48-24-28)37(54)18-27-7-11-31(12-8-27)52-45(58)35-21-33(43(56)50-16-14-47)39(60-2)23-41(35)62-4/h19-27,30-31H,5-18,46-47H2,1-4H3,(H,49,55)(H,50,56)(H,51,57)(H,52,58). The molecule has 2 saturated carbocycles. The molecule has 334 valence electrons. The summed E-state index contributed by atoms with van der Waals surface area (Å²) in [4.78, 5) is 83.4. The number of benzene rings is 2. The molecular formula is C45H59N7O10. The summed E-state index contributed by atoms with van der Waals surface area (Å²) in [5.74, 6) is -0.483. The third-order valence-electron chi connectivity index (χ3n) is 11.6. The number of ketones is 2. The second kappa shape index (κ2) is 22.7. The predicted octanol–water partition coefficient (Wildman–Crippen LogP) is 3.62. The fourth-order valence-corrected chi connectivity index (χ4v) is 8.12. The summed E-state index contributed by atoms with van der Waals surface area (Å²) in [6.45, 7) is 1.05. The molecule has 2 fully saturated rings. The molecule has 62 heavy (non-hydrogen) atoms. The fourth-order valence-electron chi connectivity index (χ4n) is 8.12. The van der Waals surface area contributed by atoms with Crippen LogP contribution in [0, 0.1) is 11.8 Å². The highest BCUT2D eigenvalue weighted by molar-refractivity contribution is 6.05. The van der Waals surface area contributed by atoms with Crippen LogP contribution in [0.4, 0.5) is 0 Å². The van der Waals surface area contributed by atoms with Crippen LogP contribution in [0.5, 0.6) is 23.0 Å². The minimum absolute atomic E-state index is 0.0869. The molecule has 0 spiro atoms. The first-order chi connectivity index (χ1) is 29.9. The summed E-state index contributed by atoms with van der Waals surface area (Å²) in [7, 11) is 5.74. The van der Waals surface area contributed by atoms with Gasteiger partial charge in [0.25, 0.3) is 23.6 Å². The van der Waals surface area contributed by atoms with Gasteiger partial charge in [-0.3, -0.25) is 33.8 Å². The number of nitrogens with two attached hydrogens (primary N) is 2. The van der Waals surface area contributed by atoms with Gasteiger partial charge in [-0.1, -0.05) is 0 Å². The zero-order valence-corrected chi connectivity index (χ0v) is 35.9. The summed E-state index contributed by atoms with van der Waals surface area (Å²) >= 11 is 0. The van der Waals surface area contributed by atoms with Gasteiger partial charge in [-0.05, 0) is 81.4 Å². The number of amides is 4. The van der Waals surface area contributed by atoms with Crippen molar-refractivity contribution in [1.82, 2.24) is 26.3 Å². The van der Waals surface area contributed by atoms with E-state index in [1.165, 1.54) is 65.1 Å². The zero-order chi connectivity index (χ0) is 44.8. The molecule has 17 nitrogen and oxygen atoms in total. The Balaban J connectivity index is 1.09. The Kier molecular flexibility index (Phi) is 17.2. The molecule has 2 aliphatic rings. The number of hydrogen-bond acceptors (Lipinski definition) is 13. The van der Waals surface area contributed by atoms with Crippen molar-refractivity contribution in [2.45, 2.75) is 76.3 Å². The van der Waals surface area contributed by atoms with Gasteiger partial charge in [-0.2, -0.15) is 0 Å². The van der Waals surface area contributed by atoms with Crippen LogP contribution in [-0.4, -0.2) is 107 Å². The van der Waals surface area contributed by atoms with Crippen molar-refractivity contribution < 1.29 is 47.7 Å².